The van der Waals surface area contributed by atoms with Crippen molar-refractivity contribution in [2.75, 3.05) is 13.2 Å². The van der Waals surface area contributed by atoms with Gasteiger partial charge >= 0.3 is 5.97 Å². The minimum Gasteiger partial charge on any atom is -0.464 e. The Morgan fingerprint density at radius 2 is 1.94 bits per heavy atom. The van der Waals surface area contributed by atoms with Gasteiger partial charge in [0.15, 0.2) is 0 Å². The first-order chi connectivity index (χ1) is 7.68. The second-order valence-corrected chi connectivity index (χ2v) is 5.03. The lowest BCUT2D eigenvalue weighted by Gasteiger charge is -2.27. The number of carbonyl (C=O) groups excluding carboxylic acids is 2. The number of ether oxygens (including phenoxy) is 1. The molecule has 6 heteroatoms. The molecule has 0 rings (SSSR count). The van der Waals surface area contributed by atoms with Gasteiger partial charge in [-0.1, -0.05) is 20.8 Å². The first-order valence-electron chi connectivity index (χ1n) is 5.48. The fourth-order valence-corrected chi connectivity index (χ4v) is 1.04. The Morgan fingerprint density at radius 1 is 1.41 bits per heavy atom. The number of carbonyl (C=O) groups is 2. The van der Waals surface area contributed by atoms with E-state index < -0.39 is 18.1 Å². The number of esters is 1. The lowest BCUT2D eigenvalue weighted by molar-refractivity contribution is -0.143. The molecule has 0 aliphatic rings. The average Bonchev–Trinajstić information content (AvgIpc) is 2.21. The van der Waals surface area contributed by atoms with Crippen LogP contribution in [0.25, 0.3) is 0 Å². The van der Waals surface area contributed by atoms with Gasteiger partial charge in [0, 0.05) is 6.92 Å². The maximum Gasteiger partial charge on any atom is 0.302 e. The van der Waals surface area contributed by atoms with Crippen molar-refractivity contribution in [1.29, 1.82) is 0 Å². The first kappa shape index (κ1) is 15.9. The van der Waals surface area contributed by atoms with Crippen molar-refractivity contribution in [3.05, 3.63) is 0 Å². The molecule has 0 saturated carbocycles. The van der Waals surface area contributed by atoms with Gasteiger partial charge in [-0.15, -0.1) is 0 Å². The molecule has 0 aromatic heterocycles. The molecule has 1 unspecified atom stereocenters. The summed E-state index contributed by atoms with van der Waals surface area (Å²) in [5, 5.41) is 11.6. The molecule has 0 aliphatic heterocycles. The summed E-state index contributed by atoms with van der Waals surface area (Å²) in [6, 6.07) is -1.31. The molecule has 0 heterocycles. The number of hydrogen-bond donors (Lipinski definition) is 3. The smallest absolute Gasteiger partial charge is 0.302 e. The maximum absolute atomic E-state index is 11.7. The van der Waals surface area contributed by atoms with Crippen LogP contribution in [0.1, 0.15) is 27.7 Å². The van der Waals surface area contributed by atoms with Crippen molar-refractivity contribution in [2.45, 2.75) is 39.8 Å². The highest BCUT2D eigenvalue weighted by Crippen LogP contribution is 2.17. The van der Waals surface area contributed by atoms with Crippen LogP contribution in [0.5, 0.6) is 0 Å². The van der Waals surface area contributed by atoms with E-state index in [9.17, 15) is 9.59 Å². The Labute approximate surface area is 102 Å². The number of nitrogens with one attached hydrogen (secondary N) is 1. The van der Waals surface area contributed by atoms with E-state index in [1.54, 1.807) is 0 Å². The summed E-state index contributed by atoms with van der Waals surface area (Å²) in [6.45, 7) is 6.42. The number of rotatable bonds is 5. The van der Waals surface area contributed by atoms with Crippen LogP contribution in [0.3, 0.4) is 0 Å². The lowest BCUT2D eigenvalue weighted by atomic mass is 9.87. The third-order valence-corrected chi connectivity index (χ3v) is 2.27. The zero-order valence-corrected chi connectivity index (χ0v) is 10.8. The molecule has 1 amide bonds. The SMILES string of the molecule is CC(=O)OCC(CO)NC(=O)[C@@H](N)C(C)(C)C. The van der Waals surface area contributed by atoms with Crippen molar-refractivity contribution < 1.29 is 19.4 Å². The molecule has 0 spiro atoms. The molecular weight excluding hydrogens is 224 g/mol. The van der Waals surface area contributed by atoms with Gasteiger partial charge in [-0.05, 0) is 5.41 Å². The van der Waals surface area contributed by atoms with Gasteiger partial charge in [0.05, 0.1) is 18.7 Å². The van der Waals surface area contributed by atoms with Gasteiger partial charge in [0.1, 0.15) is 6.61 Å². The van der Waals surface area contributed by atoms with Crippen molar-refractivity contribution >= 4 is 11.9 Å². The second-order valence-electron chi connectivity index (χ2n) is 5.03. The Morgan fingerprint density at radius 3 is 2.29 bits per heavy atom. The van der Waals surface area contributed by atoms with Gasteiger partial charge in [0.2, 0.25) is 5.91 Å². The molecule has 0 fully saturated rings. The minimum atomic E-state index is -0.686. The van der Waals surface area contributed by atoms with Crippen LogP contribution < -0.4 is 11.1 Å². The molecule has 6 nitrogen and oxygen atoms in total. The molecule has 0 bridgehead atoms. The maximum atomic E-state index is 11.7. The number of hydrogen-bond acceptors (Lipinski definition) is 5. The number of aliphatic hydroxyl groups excluding tert-OH is 1. The van der Waals surface area contributed by atoms with Crippen molar-refractivity contribution in [2.24, 2.45) is 11.1 Å². The van der Waals surface area contributed by atoms with E-state index in [1.807, 2.05) is 20.8 Å². The van der Waals surface area contributed by atoms with Crippen LogP contribution in [0.15, 0.2) is 0 Å². The summed E-state index contributed by atoms with van der Waals surface area (Å²) >= 11 is 0. The highest BCUT2D eigenvalue weighted by atomic mass is 16.5. The molecule has 4 N–H and O–H groups in total. The standard InChI is InChI=1S/C11H22N2O4/c1-7(15)17-6-8(5-14)13-10(16)9(12)11(2,3)4/h8-9,14H,5-6,12H2,1-4H3,(H,13,16)/t8?,9-/m1/s1. The number of amides is 1. The Kier molecular flexibility index (Phi) is 6.12. The van der Waals surface area contributed by atoms with Crippen LogP contribution in [-0.4, -0.2) is 42.3 Å². The van der Waals surface area contributed by atoms with E-state index in [1.165, 1.54) is 6.92 Å². The van der Waals surface area contributed by atoms with Gasteiger partial charge in [-0.3, -0.25) is 9.59 Å². The molecule has 0 aromatic carbocycles. The summed E-state index contributed by atoms with van der Waals surface area (Å²) in [6.07, 6.45) is 0. The van der Waals surface area contributed by atoms with Gasteiger partial charge < -0.3 is 20.9 Å². The molecular formula is C11H22N2O4. The van der Waals surface area contributed by atoms with Crippen molar-refractivity contribution in [3.63, 3.8) is 0 Å². The summed E-state index contributed by atoms with van der Waals surface area (Å²) in [5.74, 6) is -0.832. The Hall–Kier alpha value is -1.14. The van der Waals surface area contributed by atoms with E-state index in [0.29, 0.717) is 0 Å². The van der Waals surface area contributed by atoms with Crippen LogP contribution in [0, 0.1) is 5.41 Å². The normalized spacial score (nSPS) is 14.9. The van der Waals surface area contributed by atoms with E-state index in [-0.39, 0.29) is 24.5 Å². The minimum absolute atomic E-state index is 0.0611. The topological polar surface area (TPSA) is 102 Å². The van der Waals surface area contributed by atoms with E-state index >= 15 is 0 Å². The first-order valence-corrected chi connectivity index (χ1v) is 5.48. The van der Waals surface area contributed by atoms with E-state index in [4.69, 9.17) is 15.6 Å². The van der Waals surface area contributed by atoms with Gasteiger partial charge in [-0.2, -0.15) is 0 Å². The molecule has 0 saturated heterocycles. The summed E-state index contributed by atoms with van der Waals surface area (Å²) in [5.41, 5.74) is 5.38. The zero-order chi connectivity index (χ0) is 13.6. The number of nitrogens with two attached hydrogens (primary N) is 1. The Balaban J connectivity index is 4.28. The fraction of sp³-hybridized carbons (Fsp3) is 0.818. The number of aliphatic hydroxyl groups is 1. The third-order valence-electron chi connectivity index (χ3n) is 2.27. The fourth-order valence-electron chi connectivity index (χ4n) is 1.04. The summed E-state index contributed by atoms with van der Waals surface area (Å²) in [4.78, 5) is 22.3. The monoisotopic (exact) mass is 246 g/mol. The van der Waals surface area contributed by atoms with Crippen LogP contribution in [-0.2, 0) is 14.3 Å². The van der Waals surface area contributed by atoms with Crippen LogP contribution in [0.4, 0.5) is 0 Å². The third kappa shape index (κ3) is 6.23. The molecule has 2 atom stereocenters. The van der Waals surface area contributed by atoms with Crippen molar-refractivity contribution in [3.8, 4) is 0 Å². The predicted molar refractivity (Wildman–Crippen MR) is 63.1 cm³/mol. The van der Waals surface area contributed by atoms with Gasteiger partial charge in [-0.25, -0.2) is 0 Å². The highest BCUT2D eigenvalue weighted by molar-refractivity contribution is 5.82. The zero-order valence-electron chi connectivity index (χ0n) is 10.8. The summed E-state index contributed by atoms with van der Waals surface area (Å²) < 4.78 is 4.71. The molecule has 0 radical (unpaired) electrons. The molecule has 17 heavy (non-hydrogen) atoms. The lowest BCUT2D eigenvalue weighted by Crippen LogP contribution is -2.53. The second kappa shape index (κ2) is 6.56. The van der Waals surface area contributed by atoms with Crippen LogP contribution in [0.2, 0.25) is 0 Å². The van der Waals surface area contributed by atoms with E-state index in [0.717, 1.165) is 0 Å². The summed E-state index contributed by atoms with van der Waals surface area (Å²) in [7, 11) is 0. The predicted octanol–water partition coefficient (Wildman–Crippen LogP) is -0.600. The average molecular weight is 246 g/mol. The Bertz CT molecular complexity index is 273. The van der Waals surface area contributed by atoms with Crippen LogP contribution >= 0.6 is 0 Å². The quantitative estimate of drug-likeness (QED) is 0.562. The molecule has 0 aliphatic carbocycles. The molecule has 100 valence electrons. The van der Waals surface area contributed by atoms with E-state index in [2.05, 4.69) is 5.32 Å². The van der Waals surface area contributed by atoms with Crippen molar-refractivity contribution in [1.82, 2.24) is 5.32 Å². The van der Waals surface area contributed by atoms with Gasteiger partial charge in [0.25, 0.3) is 0 Å². The molecule has 0 aromatic rings. The highest BCUT2D eigenvalue weighted by Gasteiger charge is 2.28. The largest absolute Gasteiger partial charge is 0.464 e.